The molecule has 0 saturated carbocycles. The number of H-pyrrole nitrogens is 1. The van der Waals surface area contributed by atoms with Gasteiger partial charge in [-0.05, 0) is 24.6 Å². The average Bonchev–Trinajstić information content (AvgIpc) is 2.70. The molecule has 3 nitrogen and oxygen atoms in total. The molecule has 1 N–H and O–H groups in total. The van der Waals surface area contributed by atoms with E-state index in [2.05, 4.69) is 16.0 Å². The molecule has 1 heterocycles. The lowest BCUT2D eigenvalue weighted by Gasteiger charge is -2.02. The van der Waals surface area contributed by atoms with Gasteiger partial charge in [0.1, 0.15) is 0 Å². The van der Waals surface area contributed by atoms with Crippen molar-refractivity contribution in [3.63, 3.8) is 0 Å². The van der Waals surface area contributed by atoms with E-state index in [0.29, 0.717) is 5.56 Å². The molecular weight excluding hydrogens is 174 g/mol. The average molecular weight is 183 g/mol. The highest BCUT2D eigenvalue weighted by atomic mass is 14.9. The Morgan fingerprint density at radius 2 is 2.29 bits per heavy atom. The van der Waals surface area contributed by atoms with Crippen molar-refractivity contribution in [3.05, 3.63) is 41.9 Å². The first-order valence-electron chi connectivity index (χ1n) is 4.31. The number of imidazole rings is 1. The SMILES string of the molecule is Cc1cc(C#N)ccc1-c1cnc[nH]1. The first-order chi connectivity index (χ1) is 6.81. The van der Waals surface area contributed by atoms with Crippen molar-refractivity contribution >= 4 is 0 Å². The van der Waals surface area contributed by atoms with Gasteiger partial charge in [0.2, 0.25) is 0 Å². The van der Waals surface area contributed by atoms with Crippen molar-refractivity contribution < 1.29 is 0 Å². The summed E-state index contributed by atoms with van der Waals surface area (Å²) in [7, 11) is 0. The molecule has 1 aromatic heterocycles. The van der Waals surface area contributed by atoms with E-state index < -0.39 is 0 Å². The van der Waals surface area contributed by atoms with Crippen molar-refractivity contribution in [2.75, 3.05) is 0 Å². The largest absolute Gasteiger partial charge is 0.345 e. The van der Waals surface area contributed by atoms with Gasteiger partial charge in [-0.1, -0.05) is 6.07 Å². The molecule has 1 aromatic carbocycles. The zero-order chi connectivity index (χ0) is 9.97. The van der Waals surface area contributed by atoms with E-state index in [9.17, 15) is 0 Å². The lowest BCUT2D eigenvalue weighted by Crippen LogP contribution is -1.84. The smallest absolute Gasteiger partial charge is 0.0991 e. The summed E-state index contributed by atoms with van der Waals surface area (Å²) in [6.45, 7) is 1.98. The Morgan fingerprint density at radius 3 is 2.86 bits per heavy atom. The fourth-order valence-electron chi connectivity index (χ4n) is 1.44. The first-order valence-corrected chi connectivity index (χ1v) is 4.31. The van der Waals surface area contributed by atoms with Gasteiger partial charge < -0.3 is 4.98 Å². The Kier molecular flexibility index (Phi) is 2.04. The van der Waals surface area contributed by atoms with Crippen LogP contribution in [0.1, 0.15) is 11.1 Å². The molecule has 0 atom stereocenters. The second kappa shape index (κ2) is 3.35. The maximum atomic E-state index is 8.71. The maximum absolute atomic E-state index is 8.71. The van der Waals surface area contributed by atoms with Gasteiger partial charge in [-0.3, -0.25) is 0 Å². The van der Waals surface area contributed by atoms with Crippen LogP contribution in [0.4, 0.5) is 0 Å². The van der Waals surface area contributed by atoms with E-state index in [1.807, 2.05) is 25.1 Å². The summed E-state index contributed by atoms with van der Waals surface area (Å²) in [6, 6.07) is 7.73. The number of aryl methyl sites for hydroxylation is 1. The Labute approximate surface area is 82.0 Å². The third kappa shape index (κ3) is 1.38. The number of nitrogens with zero attached hydrogens (tertiary/aromatic N) is 2. The second-order valence-corrected chi connectivity index (χ2v) is 3.11. The van der Waals surface area contributed by atoms with E-state index in [1.165, 1.54) is 0 Å². The highest BCUT2D eigenvalue weighted by Crippen LogP contribution is 2.21. The van der Waals surface area contributed by atoms with Gasteiger partial charge in [0.25, 0.3) is 0 Å². The van der Waals surface area contributed by atoms with E-state index in [0.717, 1.165) is 16.8 Å². The molecule has 3 heteroatoms. The molecule has 0 saturated heterocycles. The Balaban J connectivity index is 2.52. The van der Waals surface area contributed by atoms with Crippen molar-refractivity contribution in [2.45, 2.75) is 6.92 Å². The fraction of sp³-hybridized carbons (Fsp3) is 0.0909. The van der Waals surface area contributed by atoms with Crippen LogP contribution in [0.5, 0.6) is 0 Å². The Bertz CT molecular complexity index is 478. The van der Waals surface area contributed by atoms with E-state index >= 15 is 0 Å². The fourth-order valence-corrected chi connectivity index (χ4v) is 1.44. The van der Waals surface area contributed by atoms with Crippen LogP contribution in [0.15, 0.2) is 30.7 Å². The van der Waals surface area contributed by atoms with Crippen LogP contribution in [0.3, 0.4) is 0 Å². The quantitative estimate of drug-likeness (QED) is 0.737. The van der Waals surface area contributed by atoms with E-state index in [1.54, 1.807) is 12.5 Å². The Morgan fingerprint density at radius 1 is 1.43 bits per heavy atom. The van der Waals surface area contributed by atoms with E-state index in [-0.39, 0.29) is 0 Å². The summed E-state index contributed by atoms with van der Waals surface area (Å²) in [6.07, 6.45) is 3.42. The van der Waals surface area contributed by atoms with Crippen LogP contribution in [0, 0.1) is 18.3 Å². The zero-order valence-electron chi connectivity index (χ0n) is 7.78. The molecule has 0 aliphatic heterocycles. The molecule has 0 aliphatic carbocycles. The predicted octanol–water partition coefficient (Wildman–Crippen LogP) is 2.26. The standard InChI is InChI=1S/C11H9N3/c1-8-4-9(5-12)2-3-10(8)11-6-13-7-14-11/h2-4,6-7H,1H3,(H,13,14). The summed E-state index contributed by atoms with van der Waals surface area (Å²) < 4.78 is 0. The van der Waals surface area contributed by atoms with Gasteiger partial charge in [-0.2, -0.15) is 5.26 Å². The number of aromatic nitrogens is 2. The van der Waals surface area contributed by atoms with Crippen LogP contribution in [-0.4, -0.2) is 9.97 Å². The number of rotatable bonds is 1. The van der Waals surface area contributed by atoms with Crippen LogP contribution in [-0.2, 0) is 0 Å². The molecule has 14 heavy (non-hydrogen) atoms. The van der Waals surface area contributed by atoms with Gasteiger partial charge in [0.05, 0.1) is 29.9 Å². The van der Waals surface area contributed by atoms with Crippen LogP contribution < -0.4 is 0 Å². The third-order valence-corrected chi connectivity index (χ3v) is 2.14. The maximum Gasteiger partial charge on any atom is 0.0991 e. The van der Waals surface area contributed by atoms with Crippen LogP contribution in [0.25, 0.3) is 11.3 Å². The third-order valence-electron chi connectivity index (χ3n) is 2.14. The highest BCUT2D eigenvalue weighted by molar-refractivity contribution is 5.63. The summed E-state index contributed by atoms with van der Waals surface area (Å²) in [5.41, 5.74) is 3.83. The van der Waals surface area contributed by atoms with Gasteiger partial charge >= 0.3 is 0 Å². The van der Waals surface area contributed by atoms with Gasteiger partial charge in [0.15, 0.2) is 0 Å². The lowest BCUT2D eigenvalue weighted by molar-refractivity contribution is 1.31. The van der Waals surface area contributed by atoms with Crippen molar-refractivity contribution in [1.82, 2.24) is 9.97 Å². The summed E-state index contributed by atoms with van der Waals surface area (Å²) in [4.78, 5) is 7.00. The number of benzene rings is 1. The molecule has 0 amide bonds. The topological polar surface area (TPSA) is 52.5 Å². The molecule has 2 aromatic rings. The Hall–Kier alpha value is -2.08. The first kappa shape index (κ1) is 8.52. The predicted molar refractivity (Wildman–Crippen MR) is 53.5 cm³/mol. The molecule has 0 radical (unpaired) electrons. The summed E-state index contributed by atoms with van der Waals surface area (Å²) >= 11 is 0. The normalized spacial score (nSPS) is 9.71. The van der Waals surface area contributed by atoms with Crippen LogP contribution >= 0.6 is 0 Å². The minimum atomic E-state index is 0.686. The monoisotopic (exact) mass is 183 g/mol. The molecule has 0 spiro atoms. The van der Waals surface area contributed by atoms with Gasteiger partial charge in [-0.15, -0.1) is 0 Å². The summed E-state index contributed by atoms with van der Waals surface area (Å²) in [5, 5.41) is 8.71. The highest BCUT2D eigenvalue weighted by Gasteiger charge is 2.03. The van der Waals surface area contributed by atoms with Crippen molar-refractivity contribution in [2.24, 2.45) is 0 Å². The van der Waals surface area contributed by atoms with Gasteiger partial charge in [0, 0.05) is 5.56 Å². The minimum absolute atomic E-state index is 0.686. The number of nitrogens with one attached hydrogen (secondary N) is 1. The molecular formula is C11H9N3. The second-order valence-electron chi connectivity index (χ2n) is 3.11. The number of hydrogen-bond acceptors (Lipinski definition) is 2. The number of aromatic amines is 1. The zero-order valence-corrected chi connectivity index (χ0v) is 7.78. The van der Waals surface area contributed by atoms with Crippen molar-refractivity contribution in [1.29, 1.82) is 5.26 Å². The molecule has 0 fully saturated rings. The van der Waals surface area contributed by atoms with E-state index in [4.69, 9.17) is 5.26 Å². The number of nitriles is 1. The molecule has 0 aliphatic rings. The molecule has 2 rings (SSSR count). The van der Waals surface area contributed by atoms with Crippen molar-refractivity contribution in [3.8, 4) is 17.3 Å². The van der Waals surface area contributed by atoms with Gasteiger partial charge in [-0.25, -0.2) is 4.98 Å². The lowest BCUT2D eigenvalue weighted by atomic mass is 10.0. The molecule has 0 bridgehead atoms. The molecule has 0 unspecified atom stereocenters. The van der Waals surface area contributed by atoms with Crippen LogP contribution in [0.2, 0.25) is 0 Å². The summed E-state index contributed by atoms with van der Waals surface area (Å²) in [5.74, 6) is 0. The number of hydrogen-bond donors (Lipinski definition) is 1. The minimum Gasteiger partial charge on any atom is -0.345 e. The molecule has 68 valence electrons.